The van der Waals surface area contributed by atoms with Gasteiger partial charge in [-0.15, -0.1) is 0 Å². The molecule has 0 amide bonds. The van der Waals surface area contributed by atoms with Gasteiger partial charge >= 0.3 is 0 Å². The first-order valence-corrected chi connectivity index (χ1v) is 4.80. The van der Waals surface area contributed by atoms with Crippen LogP contribution in [0.3, 0.4) is 0 Å². The molecule has 1 unspecified atom stereocenters. The van der Waals surface area contributed by atoms with E-state index in [1.807, 2.05) is 6.92 Å². The summed E-state index contributed by atoms with van der Waals surface area (Å²) in [5, 5.41) is 0. The highest BCUT2D eigenvalue weighted by Gasteiger charge is 2.18. The van der Waals surface area contributed by atoms with Crippen LogP contribution in [-0.4, -0.2) is 12.1 Å². The van der Waals surface area contributed by atoms with Crippen LogP contribution in [0.2, 0.25) is 0 Å². The maximum Gasteiger partial charge on any atom is 0.220 e. The van der Waals surface area contributed by atoms with Gasteiger partial charge in [0.15, 0.2) is 0 Å². The standard InChI is InChI=1S/C10H18N2O2/c1-6(2)9-10(7(3)11)14-8(12-9)5-13-4/h6-7H,5,11H2,1-4H3. The van der Waals surface area contributed by atoms with E-state index in [1.165, 1.54) is 0 Å². The number of hydrogen-bond acceptors (Lipinski definition) is 4. The molecule has 0 aliphatic rings. The molecule has 1 aromatic rings. The van der Waals surface area contributed by atoms with Crippen molar-refractivity contribution in [2.75, 3.05) is 7.11 Å². The lowest BCUT2D eigenvalue weighted by molar-refractivity contribution is 0.157. The predicted octanol–water partition coefficient (Wildman–Crippen LogP) is 1.96. The number of methoxy groups -OCH3 is 1. The lowest BCUT2D eigenvalue weighted by Crippen LogP contribution is -2.07. The minimum atomic E-state index is -0.120. The van der Waals surface area contributed by atoms with Gasteiger partial charge in [0.2, 0.25) is 5.89 Å². The molecule has 0 aliphatic heterocycles. The van der Waals surface area contributed by atoms with Crippen molar-refractivity contribution in [2.45, 2.75) is 39.3 Å². The number of nitrogens with two attached hydrogens (primary N) is 1. The van der Waals surface area contributed by atoms with Crippen LogP contribution in [0.5, 0.6) is 0 Å². The first-order valence-electron chi connectivity index (χ1n) is 4.80. The van der Waals surface area contributed by atoms with Crippen molar-refractivity contribution in [3.63, 3.8) is 0 Å². The third kappa shape index (κ3) is 2.33. The van der Waals surface area contributed by atoms with E-state index in [-0.39, 0.29) is 6.04 Å². The van der Waals surface area contributed by atoms with Crippen LogP contribution in [0.4, 0.5) is 0 Å². The molecule has 80 valence electrons. The minimum absolute atomic E-state index is 0.120. The van der Waals surface area contributed by atoms with E-state index >= 15 is 0 Å². The SMILES string of the molecule is COCc1nc(C(C)C)c(C(C)N)o1. The number of ether oxygens (including phenoxy) is 1. The highest BCUT2D eigenvalue weighted by Crippen LogP contribution is 2.24. The van der Waals surface area contributed by atoms with Crippen LogP contribution < -0.4 is 5.73 Å². The van der Waals surface area contributed by atoms with Crippen molar-refractivity contribution in [1.82, 2.24) is 4.98 Å². The molecule has 1 aromatic heterocycles. The van der Waals surface area contributed by atoms with Gasteiger partial charge < -0.3 is 14.9 Å². The molecular formula is C10H18N2O2. The average Bonchev–Trinajstić information content (AvgIpc) is 2.49. The molecule has 2 N–H and O–H groups in total. The topological polar surface area (TPSA) is 61.3 Å². The Labute approximate surface area is 84.5 Å². The summed E-state index contributed by atoms with van der Waals surface area (Å²) in [4.78, 5) is 4.35. The fraction of sp³-hybridized carbons (Fsp3) is 0.700. The largest absolute Gasteiger partial charge is 0.441 e. The molecule has 1 heterocycles. The Balaban J connectivity index is 3.00. The summed E-state index contributed by atoms with van der Waals surface area (Å²) in [7, 11) is 1.62. The first-order chi connectivity index (χ1) is 6.56. The fourth-order valence-corrected chi connectivity index (χ4v) is 1.32. The normalized spacial score (nSPS) is 13.6. The zero-order valence-electron chi connectivity index (χ0n) is 9.20. The summed E-state index contributed by atoms with van der Waals surface area (Å²) in [6, 6.07) is -0.120. The summed E-state index contributed by atoms with van der Waals surface area (Å²) >= 11 is 0. The molecule has 1 rings (SSSR count). The smallest absolute Gasteiger partial charge is 0.220 e. The molecule has 0 saturated carbocycles. The second-order valence-corrected chi connectivity index (χ2v) is 3.73. The maximum absolute atomic E-state index is 5.79. The summed E-state index contributed by atoms with van der Waals surface area (Å²) < 4.78 is 10.5. The molecular weight excluding hydrogens is 180 g/mol. The molecule has 1 atom stereocenters. The number of hydrogen-bond donors (Lipinski definition) is 1. The lowest BCUT2D eigenvalue weighted by Gasteiger charge is -2.05. The minimum Gasteiger partial charge on any atom is -0.441 e. The van der Waals surface area contributed by atoms with E-state index < -0.39 is 0 Å². The monoisotopic (exact) mass is 198 g/mol. The Hall–Kier alpha value is -0.870. The van der Waals surface area contributed by atoms with Gasteiger partial charge in [0.25, 0.3) is 0 Å². The Morgan fingerprint density at radius 3 is 2.43 bits per heavy atom. The number of aromatic nitrogens is 1. The molecule has 0 radical (unpaired) electrons. The van der Waals surface area contributed by atoms with Crippen LogP contribution >= 0.6 is 0 Å². The Morgan fingerprint density at radius 2 is 2.07 bits per heavy atom. The van der Waals surface area contributed by atoms with Crippen LogP contribution in [0.15, 0.2) is 4.42 Å². The van der Waals surface area contributed by atoms with Gasteiger partial charge in [0.1, 0.15) is 12.4 Å². The zero-order chi connectivity index (χ0) is 10.7. The Bertz CT molecular complexity index is 267. The number of nitrogens with zero attached hydrogens (tertiary/aromatic N) is 1. The molecule has 0 spiro atoms. The fourth-order valence-electron chi connectivity index (χ4n) is 1.32. The van der Waals surface area contributed by atoms with Crippen LogP contribution in [0, 0.1) is 0 Å². The van der Waals surface area contributed by atoms with Crippen molar-refractivity contribution in [3.05, 3.63) is 17.3 Å². The maximum atomic E-state index is 5.79. The van der Waals surface area contributed by atoms with Crippen molar-refractivity contribution in [2.24, 2.45) is 5.73 Å². The highest BCUT2D eigenvalue weighted by molar-refractivity contribution is 5.16. The number of rotatable bonds is 4. The molecule has 14 heavy (non-hydrogen) atoms. The Kier molecular flexibility index (Phi) is 3.66. The van der Waals surface area contributed by atoms with Crippen molar-refractivity contribution in [1.29, 1.82) is 0 Å². The lowest BCUT2D eigenvalue weighted by atomic mass is 10.1. The molecule has 4 nitrogen and oxygen atoms in total. The molecule has 0 bridgehead atoms. The molecule has 4 heteroatoms. The third-order valence-electron chi connectivity index (χ3n) is 1.95. The first kappa shape index (κ1) is 11.2. The Morgan fingerprint density at radius 1 is 1.43 bits per heavy atom. The average molecular weight is 198 g/mol. The van der Waals surface area contributed by atoms with Crippen molar-refractivity contribution in [3.8, 4) is 0 Å². The van der Waals surface area contributed by atoms with Gasteiger partial charge in [-0.05, 0) is 12.8 Å². The van der Waals surface area contributed by atoms with Crippen LogP contribution in [-0.2, 0) is 11.3 Å². The van der Waals surface area contributed by atoms with Crippen LogP contribution in [0.25, 0.3) is 0 Å². The molecule has 0 saturated heterocycles. The van der Waals surface area contributed by atoms with Gasteiger partial charge in [-0.25, -0.2) is 4.98 Å². The highest BCUT2D eigenvalue weighted by atomic mass is 16.5. The summed E-state index contributed by atoms with van der Waals surface area (Å²) in [6.07, 6.45) is 0. The third-order valence-corrected chi connectivity index (χ3v) is 1.95. The zero-order valence-corrected chi connectivity index (χ0v) is 9.20. The van der Waals surface area contributed by atoms with Gasteiger partial charge in [-0.1, -0.05) is 13.8 Å². The molecule has 0 aromatic carbocycles. The summed E-state index contributed by atoms with van der Waals surface area (Å²) in [5.74, 6) is 1.70. The van der Waals surface area contributed by atoms with E-state index in [9.17, 15) is 0 Å². The van der Waals surface area contributed by atoms with E-state index in [1.54, 1.807) is 7.11 Å². The van der Waals surface area contributed by atoms with E-state index in [0.717, 1.165) is 11.5 Å². The van der Waals surface area contributed by atoms with Crippen LogP contribution in [0.1, 0.15) is 50.1 Å². The van der Waals surface area contributed by atoms with Crippen molar-refractivity contribution >= 4 is 0 Å². The summed E-state index contributed by atoms with van der Waals surface area (Å²) in [6.45, 7) is 6.43. The molecule has 0 aliphatic carbocycles. The molecule has 0 fully saturated rings. The second-order valence-electron chi connectivity index (χ2n) is 3.73. The summed E-state index contributed by atoms with van der Waals surface area (Å²) in [5.41, 5.74) is 6.72. The second kappa shape index (κ2) is 4.57. The number of oxazole rings is 1. The van der Waals surface area contributed by atoms with E-state index in [2.05, 4.69) is 18.8 Å². The van der Waals surface area contributed by atoms with E-state index in [4.69, 9.17) is 14.9 Å². The van der Waals surface area contributed by atoms with Gasteiger partial charge in [0.05, 0.1) is 11.7 Å². The van der Waals surface area contributed by atoms with Gasteiger partial charge in [-0.3, -0.25) is 0 Å². The van der Waals surface area contributed by atoms with Crippen molar-refractivity contribution < 1.29 is 9.15 Å². The van der Waals surface area contributed by atoms with Gasteiger partial charge in [0, 0.05) is 7.11 Å². The van der Waals surface area contributed by atoms with E-state index in [0.29, 0.717) is 18.4 Å². The van der Waals surface area contributed by atoms with Gasteiger partial charge in [-0.2, -0.15) is 0 Å². The predicted molar refractivity (Wildman–Crippen MR) is 53.9 cm³/mol. The quantitative estimate of drug-likeness (QED) is 0.803.